The Morgan fingerprint density at radius 1 is 0.816 bits per heavy atom. The van der Waals surface area contributed by atoms with Gasteiger partial charge in [-0.15, -0.1) is 34.9 Å². The number of hydrogen-bond acceptors (Lipinski definition) is 4. The number of aliphatic hydroxyl groups is 1. The van der Waals surface area contributed by atoms with Crippen molar-refractivity contribution in [2.24, 2.45) is 35.5 Å². The van der Waals surface area contributed by atoms with Crippen LogP contribution in [-0.4, -0.2) is 21.5 Å². The molecule has 0 saturated carbocycles. The molecule has 0 atom stereocenters. The summed E-state index contributed by atoms with van der Waals surface area (Å²) in [7, 11) is 0. The van der Waals surface area contributed by atoms with Crippen LogP contribution in [0.15, 0.2) is 66.6 Å². The maximum Gasteiger partial charge on any atom is 0.162 e. The molecule has 0 aliphatic heterocycles. The van der Waals surface area contributed by atoms with E-state index in [0.717, 1.165) is 46.2 Å². The molecule has 1 radical (unpaired) electrons. The number of benzene rings is 3. The second-order valence-electron chi connectivity index (χ2n) is 15.2. The zero-order valence-electron chi connectivity index (χ0n) is 32.2. The van der Waals surface area contributed by atoms with Gasteiger partial charge in [0.2, 0.25) is 0 Å². The van der Waals surface area contributed by atoms with Crippen molar-refractivity contribution in [2.45, 2.75) is 108 Å². The number of ketones is 1. The average Bonchev–Trinajstić information content (AvgIpc) is 2.99. The average molecular weight is 843 g/mol. The van der Waals surface area contributed by atoms with Crippen LogP contribution in [0.3, 0.4) is 0 Å². The molecule has 0 amide bonds. The van der Waals surface area contributed by atoms with Gasteiger partial charge in [-0.2, -0.15) is 0 Å². The van der Waals surface area contributed by atoms with Crippen molar-refractivity contribution in [1.29, 1.82) is 0 Å². The minimum absolute atomic E-state index is 0. The van der Waals surface area contributed by atoms with Gasteiger partial charge in [-0.05, 0) is 77.4 Å². The maximum atomic E-state index is 12.3. The first-order chi connectivity index (χ1) is 22.5. The number of rotatable bonds is 12. The number of nitrogens with zero attached hydrogens (tertiary/aromatic N) is 1. The predicted octanol–water partition coefficient (Wildman–Crippen LogP) is 12.3. The third-order valence-corrected chi connectivity index (χ3v) is 9.85. The van der Waals surface area contributed by atoms with Gasteiger partial charge in [-0.25, -0.2) is 0 Å². The van der Waals surface area contributed by atoms with Gasteiger partial charge in [0.25, 0.3) is 0 Å². The quantitative estimate of drug-likeness (QED) is 0.0668. The summed E-state index contributed by atoms with van der Waals surface area (Å²) in [6.07, 6.45) is 5.34. The van der Waals surface area contributed by atoms with Gasteiger partial charge in [0, 0.05) is 49.6 Å². The van der Waals surface area contributed by atoms with Gasteiger partial charge >= 0.3 is 0 Å². The molecule has 0 aliphatic rings. The van der Waals surface area contributed by atoms with E-state index in [0.29, 0.717) is 23.7 Å². The number of allylic oxidation sites excluding steroid dienone is 2. The minimum Gasteiger partial charge on any atom is -0.512 e. The van der Waals surface area contributed by atoms with Crippen molar-refractivity contribution in [3.63, 3.8) is 0 Å². The van der Waals surface area contributed by atoms with Gasteiger partial charge in [-0.3, -0.25) is 4.79 Å². The minimum atomic E-state index is -0.152. The Labute approximate surface area is 310 Å². The molecular formula is C44H60IrNO3-. The Kier molecular flexibility index (Phi) is 15.7. The topological polar surface area (TPSA) is 59.4 Å². The van der Waals surface area contributed by atoms with Crippen molar-refractivity contribution in [3.8, 4) is 17.0 Å². The molecule has 4 aromatic rings. The van der Waals surface area contributed by atoms with E-state index < -0.39 is 0 Å². The Balaban J connectivity index is 0.000000367. The number of fused-ring (bicyclic) bond motifs is 3. The van der Waals surface area contributed by atoms with Crippen LogP contribution in [0.2, 0.25) is 0 Å². The summed E-state index contributed by atoms with van der Waals surface area (Å²) in [5, 5.41) is 15.0. The van der Waals surface area contributed by atoms with Crippen molar-refractivity contribution in [2.75, 3.05) is 0 Å². The second-order valence-corrected chi connectivity index (χ2v) is 15.2. The van der Waals surface area contributed by atoms with E-state index in [1.165, 1.54) is 22.4 Å². The molecule has 49 heavy (non-hydrogen) atoms. The van der Waals surface area contributed by atoms with Crippen LogP contribution in [0.25, 0.3) is 32.8 Å². The summed E-state index contributed by atoms with van der Waals surface area (Å²) in [6.45, 7) is 27.4. The fourth-order valence-corrected chi connectivity index (χ4v) is 7.20. The maximum absolute atomic E-state index is 12.3. The first kappa shape index (κ1) is 42.2. The molecule has 1 N–H and O–H groups in total. The molecule has 3 aromatic carbocycles. The third-order valence-electron chi connectivity index (χ3n) is 9.85. The van der Waals surface area contributed by atoms with Gasteiger partial charge in [-0.1, -0.05) is 107 Å². The summed E-state index contributed by atoms with van der Waals surface area (Å²) in [4.78, 5) is 17.1. The second kappa shape index (κ2) is 18.3. The van der Waals surface area contributed by atoms with E-state index in [1.54, 1.807) is 0 Å². The van der Waals surface area contributed by atoms with Gasteiger partial charge < -0.3 is 14.8 Å². The van der Waals surface area contributed by atoms with Crippen LogP contribution in [0, 0.1) is 55.4 Å². The van der Waals surface area contributed by atoms with E-state index in [2.05, 4.69) is 145 Å². The fourth-order valence-electron chi connectivity index (χ4n) is 7.20. The summed E-state index contributed by atoms with van der Waals surface area (Å²) in [5.41, 5.74) is 4.23. The van der Waals surface area contributed by atoms with E-state index in [4.69, 9.17) is 9.72 Å². The van der Waals surface area contributed by atoms with E-state index in [1.807, 2.05) is 6.20 Å². The van der Waals surface area contributed by atoms with Crippen LogP contribution in [0.1, 0.15) is 100 Å². The number of pyridine rings is 1. The molecule has 0 spiro atoms. The first-order valence-electron chi connectivity index (χ1n) is 18.0. The first-order valence-corrected chi connectivity index (χ1v) is 18.0. The molecule has 0 saturated heterocycles. The number of aryl methyl sites for hydroxylation is 2. The van der Waals surface area contributed by atoms with Crippen LogP contribution < -0.4 is 4.74 Å². The number of aliphatic hydroxyl groups excluding tert-OH is 1. The summed E-state index contributed by atoms with van der Waals surface area (Å²) in [6, 6.07) is 20.6. The molecule has 0 bridgehead atoms. The zero-order chi connectivity index (χ0) is 35.9. The Bertz CT molecular complexity index is 1680. The summed E-state index contributed by atoms with van der Waals surface area (Å²) >= 11 is 0. The number of hydrogen-bond donors (Lipinski definition) is 1. The smallest absolute Gasteiger partial charge is 0.162 e. The van der Waals surface area contributed by atoms with Crippen molar-refractivity contribution < 1.29 is 34.7 Å². The summed E-state index contributed by atoms with van der Waals surface area (Å²) < 4.78 is 6.49. The van der Waals surface area contributed by atoms with Gasteiger partial charge in [0.05, 0.1) is 5.76 Å². The molecule has 0 aliphatic carbocycles. The van der Waals surface area contributed by atoms with Crippen molar-refractivity contribution in [1.82, 2.24) is 4.98 Å². The molecule has 5 heteroatoms. The largest absolute Gasteiger partial charge is 0.512 e. The number of carbonyl (C=O) groups excluding carboxylic acids is 1. The number of aromatic nitrogens is 1. The van der Waals surface area contributed by atoms with Crippen LogP contribution in [-0.2, 0) is 24.9 Å². The van der Waals surface area contributed by atoms with Crippen LogP contribution in [0.5, 0.6) is 5.75 Å². The zero-order valence-corrected chi connectivity index (χ0v) is 34.6. The standard InChI is InChI=1S/C27H28NO.C17H32O2.Ir/c1-6-27(5,7-2)29-25-10-8-9-21-22-13-14-28-26(24(22)12-11-23(21)25)20-16-18(3)15-19(4)17-20;1-10(2)16(11(3)4)14(18)9-15(19)17(12(5)6)13(7)8;/h8-16H,6-7H2,1-5H3;9-13,16-18H,1-8H3;/q-1;;/b;14-9-;. The van der Waals surface area contributed by atoms with Gasteiger partial charge in [0.1, 0.15) is 11.4 Å². The number of carbonyl (C=O) groups is 1. The molecule has 1 aromatic heterocycles. The normalized spacial score (nSPS) is 12.3. The van der Waals surface area contributed by atoms with Crippen LogP contribution in [0.4, 0.5) is 0 Å². The molecule has 4 rings (SSSR count). The molecule has 4 nitrogen and oxygen atoms in total. The Morgan fingerprint density at radius 2 is 1.37 bits per heavy atom. The van der Waals surface area contributed by atoms with Gasteiger partial charge in [0.15, 0.2) is 5.78 Å². The van der Waals surface area contributed by atoms with E-state index >= 15 is 0 Å². The number of ether oxygens (including phenoxy) is 1. The van der Waals surface area contributed by atoms with Crippen molar-refractivity contribution >= 4 is 27.3 Å². The summed E-state index contributed by atoms with van der Waals surface area (Å²) in [5.74, 6) is 2.58. The van der Waals surface area contributed by atoms with Crippen LogP contribution >= 0.6 is 0 Å². The predicted molar refractivity (Wildman–Crippen MR) is 205 cm³/mol. The third kappa shape index (κ3) is 10.5. The van der Waals surface area contributed by atoms with E-state index in [9.17, 15) is 9.90 Å². The molecule has 0 unspecified atom stereocenters. The molecule has 269 valence electrons. The molecular weight excluding hydrogens is 783 g/mol. The monoisotopic (exact) mass is 843 g/mol. The molecule has 1 heterocycles. The Morgan fingerprint density at radius 3 is 1.90 bits per heavy atom. The fraction of sp³-hybridized carbons (Fsp3) is 0.500. The van der Waals surface area contributed by atoms with E-state index in [-0.39, 0.29) is 49.1 Å². The molecule has 0 fully saturated rings. The van der Waals surface area contributed by atoms with Crippen molar-refractivity contribution in [3.05, 3.63) is 83.8 Å². The SMILES string of the molecule is CC(C)C(C(=O)/C=C(\O)C(C(C)C)C(C)C)C(C)C.CCC(C)(CC)Oc1cccc2c1ccc1c(-c3[c-]c(C)cc(C)c3)nccc12.[Ir]. The Hall–Kier alpha value is -3.01.